The van der Waals surface area contributed by atoms with Gasteiger partial charge >= 0.3 is 0 Å². The summed E-state index contributed by atoms with van der Waals surface area (Å²) in [4.78, 5) is 31.8. The quantitative estimate of drug-likeness (QED) is 0.411. The van der Waals surface area contributed by atoms with E-state index >= 15 is 0 Å². The molecule has 1 atom stereocenters. The summed E-state index contributed by atoms with van der Waals surface area (Å²) in [6.07, 6.45) is 6.63. The van der Waals surface area contributed by atoms with Crippen molar-refractivity contribution in [1.82, 2.24) is 24.7 Å². The molecule has 1 aromatic carbocycles. The molecule has 1 amide bonds. The lowest BCUT2D eigenvalue weighted by atomic mass is 9.96. The van der Waals surface area contributed by atoms with Gasteiger partial charge in [-0.2, -0.15) is 9.97 Å². The van der Waals surface area contributed by atoms with Crippen LogP contribution in [0.15, 0.2) is 48.9 Å². The lowest BCUT2D eigenvalue weighted by molar-refractivity contribution is -0.123. The second-order valence-corrected chi connectivity index (χ2v) is 10.3. The minimum atomic E-state index is -3.60. The van der Waals surface area contributed by atoms with Gasteiger partial charge in [0.25, 0.3) is 0 Å². The Morgan fingerprint density at radius 1 is 1.11 bits per heavy atom. The van der Waals surface area contributed by atoms with E-state index in [1.165, 1.54) is 12.1 Å². The zero-order valence-electron chi connectivity index (χ0n) is 19.8. The van der Waals surface area contributed by atoms with E-state index in [0.717, 1.165) is 11.8 Å². The molecule has 36 heavy (non-hydrogen) atoms. The summed E-state index contributed by atoms with van der Waals surface area (Å²) in [6, 6.07) is 7.77. The minimum Gasteiger partial charge on any atom is -0.356 e. The van der Waals surface area contributed by atoms with Gasteiger partial charge in [0.15, 0.2) is 0 Å². The number of aromatic nitrogens is 4. The first-order chi connectivity index (χ1) is 17.2. The Morgan fingerprint density at radius 2 is 1.83 bits per heavy atom. The molecular formula is C23H27FN8O3S. The first kappa shape index (κ1) is 25.2. The highest BCUT2D eigenvalue weighted by Gasteiger charge is 2.27. The molecule has 2 aromatic heterocycles. The largest absolute Gasteiger partial charge is 0.356 e. The monoisotopic (exact) mass is 514 g/mol. The fourth-order valence-corrected chi connectivity index (χ4v) is 4.42. The molecule has 1 saturated heterocycles. The lowest BCUT2D eigenvalue weighted by Crippen LogP contribution is -2.42. The number of carbonyl (C=O) groups is 1. The average molecular weight is 515 g/mol. The molecule has 1 aliphatic heterocycles. The van der Waals surface area contributed by atoms with Gasteiger partial charge in [0.1, 0.15) is 23.3 Å². The van der Waals surface area contributed by atoms with Crippen LogP contribution in [0.4, 0.5) is 27.8 Å². The van der Waals surface area contributed by atoms with Crippen molar-refractivity contribution in [3.63, 3.8) is 0 Å². The van der Waals surface area contributed by atoms with Crippen molar-refractivity contribution in [3.05, 3.63) is 60.3 Å². The first-order valence-electron chi connectivity index (χ1n) is 11.4. The molecule has 0 radical (unpaired) electrons. The van der Waals surface area contributed by atoms with Crippen LogP contribution in [-0.4, -0.2) is 53.6 Å². The minimum absolute atomic E-state index is 0.198. The zero-order valence-corrected chi connectivity index (χ0v) is 20.7. The number of hydrogen-bond donors (Lipinski definition) is 3. The van der Waals surface area contributed by atoms with Crippen LogP contribution in [0.3, 0.4) is 0 Å². The normalized spacial score (nSPS) is 15.2. The molecular weight excluding hydrogens is 487 g/mol. The number of hydrogen-bond acceptors (Lipinski definition) is 10. The number of rotatable bonds is 8. The van der Waals surface area contributed by atoms with E-state index < -0.39 is 21.8 Å². The predicted octanol–water partition coefficient (Wildman–Crippen LogP) is 2.61. The SMILES string of the molecule is C[C@H](Nc1nc(Nc2cnccn2)cc(N2CCC(C(=O)NS(C)(=O)=O)CC2)n1)c1ccc(F)cc1. The van der Waals surface area contributed by atoms with E-state index in [1.807, 2.05) is 11.8 Å². The molecule has 3 aromatic rings. The number of benzene rings is 1. The van der Waals surface area contributed by atoms with Crippen LogP contribution in [0.5, 0.6) is 0 Å². The summed E-state index contributed by atoms with van der Waals surface area (Å²) in [6.45, 7) is 2.94. The third-order valence-electron chi connectivity index (χ3n) is 5.72. The third-order valence-corrected chi connectivity index (χ3v) is 6.30. The number of nitrogens with zero attached hydrogens (tertiary/aromatic N) is 5. The Balaban J connectivity index is 1.53. The second kappa shape index (κ2) is 10.8. The van der Waals surface area contributed by atoms with Crippen LogP contribution in [0, 0.1) is 11.7 Å². The molecule has 0 bridgehead atoms. The van der Waals surface area contributed by atoms with E-state index in [-0.39, 0.29) is 11.9 Å². The van der Waals surface area contributed by atoms with Gasteiger partial charge in [-0.1, -0.05) is 12.1 Å². The Bertz CT molecular complexity index is 1300. The lowest BCUT2D eigenvalue weighted by Gasteiger charge is -2.32. The van der Waals surface area contributed by atoms with Crippen molar-refractivity contribution in [2.45, 2.75) is 25.8 Å². The Kier molecular flexibility index (Phi) is 7.58. The maximum Gasteiger partial charge on any atom is 0.236 e. The van der Waals surface area contributed by atoms with E-state index in [1.54, 1.807) is 36.8 Å². The number of nitrogens with one attached hydrogen (secondary N) is 3. The summed E-state index contributed by atoms with van der Waals surface area (Å²) in [5, 5.41) is 6.38. The van der Waals surface area contributed by atoms with Crippen LogP contribution >= 0.6 is 0 Å². The number of sulfonamides is 1. The summed E-state index contributed by atoms with van der Waals surface area (Å²) >= 11 is 0. The average Bonchev–Trinajstić information content (AvgIpc) is 2.84. The smallest absolute Gasteiger partial charge is 0.236 e. The molecule has 1 aliphatic rings. The Hall–Kier alpha value is -3.87. The number of halogens is 1. The second-order valence-electron chi connectivity index (χ2n) is 8.57. The molecule has 190 valence electrons. The Morgan fingerprint density at radius 3 is 2.47 bits per heavy atom. The topological polar surface area (TPSA) is 142 Å². The Labute approximate surface area is 208 Å². The van der Waals surface area contributed by atoms with Gasteiger partial charge in [0, 0.05) is 37.5 Å². The molecule has 3 heterocycles. The van der Waals surface area contributed by atoms with Crippen LogP contribution in [-0.2, 0) is 14.8 Å². The highest BCUT2D eigenvalue weighted by atomic mass is 32.2. The van der Waals surface area contributed by atoms with Crippen molar-refractivity contribution in [1.29, 1.82) is 0 Å². The van der Waals surface area contributed by atoms with Crippen molar-refractivity contribution in [2.75, 3.05) is 34.9 Å². The molecule has 0 saturated carbocycles. The van der Waals surface area contributed by atoms with Gasteiger partial charge in [-0.05, 0) is 37.5 Å². The zero-order chi connectivity index (χ0) is 25.7. The molecule has 0 aliphatic carbocycles. The van der Waals surface area contributed by atoms with Gasteiger partial charge in [-0.15, -0.1) is 0 Å². The molecule has 0 unspecified atom stereocenters. The van der Waals surface area contributed by atoms with Gasteiger partial charge in [-0.3, -0.25) is 14.5 Å². The summed E-state index contributed by atoms with van der Waals surface area (Å²) in [5.74, 6) is 0.793. The van der Waals surface area contributed by atoms with Crippen molar-refractivity contribution in [2.24, 2.45) is 5.92 Å². The van der Waals surface area contributed by atoms with Gasteiger partial charge in [0.05, 0.1) is 18.5 Å². The number of carbonyl (C=O) groups excluding carboxylic acids is 1. The molecule has 3 N–H and O–H groups in total. The fourth-order valence-electron chi connectivity index (χ4n) is 3.89. The number of anilines is 4. The molecule has 4 rings (SSSR count). The molecule has 11 nitrogen and oxygen atoms in total. The third kappa shape index (κ3) is 6.84. The fraction of sp³-hybridized carbons (Fsp3) is 0.348. The number of amides is 1. The van der Waals surface area contributed by atoms with E-state index in [2.05, 4.69) is 35.3 Å². The van der Waals surface area contributed by atoms with Crippen LogP contribution < -0.4 is 20.3 Å². The molecule has 13 heteroatoms. The van der Waals surface area contributed by atoms with Gasteiger partial charge in [-0.25, -0.2) is 17.8 Å². The van der Waals surface area contributed by atoms with Crippen molar-refractivity contribution in [3.8, 4) is 0 Å². The number of piperidine rings is 1. The highest BCUT2D eigenvalue weighted by molar-refractivity contribution is 7.89. The summed E-state index contributed by atoms with van der Waals surface area (Å²) in [5.41, 5.74) is 0.867. The van der Waals surface area contributed by atoms with Crippen LogP contribution in [0.25, 0.3) is 0 Å². The molecule has 0 spiro atoms. The van der Waals surface area contributed by atoms with E-state index in [0.29, 0.717) is 49.3 Å². The van der Waals surface area contributed by atoms with Crippen molar-refractivity contribution < 1.29 is 17.6 Å². The van der Waals surface area contributed by atoms with E-state index in [4.69, 9.17) is 0 Å². The summed E-state index contributed by atoms with van der Waals surface area (Å²) in [7, 11) is -3.60. The summed E-state index contributed by atoms with van der Waals surface area (Å²) < 4.78 is 38.2. The van der Waals surface area contributed by atoms with Crippen LogP contribution in [0.2, 0.25) is 0 Å². The maximum atomic E-state index is 13.3. The highest BCUT2D eigenvalue weighted by Crippen LogP contribution is 2.27. The van der Waals surface area contributed by atoms with Gasteiger partial charge < -0.3 is 15.5 Å². The van der Waals surface area contributed by atoms with Crippen LogP contribution in [0.1, 0.15) is 31.4 Å². The van der Waals surface area contributed by atoms with Crippen molar-refractivity contribution >= 4 is 39.3 Å². The standard InChI is InChI=1S/C23H27FN8O3S/c1-15(16-3-5-18(24)6-4-16)27-23-29-19(28-20-14-25-9-10-26-20)13-21(30-23)32-11-7-17(8-12-32)22(33)31-36(2,34)35/h3-6,9-10,13-15,17H,7-8,11-12H2,1-2H3,(H,31,33)(H2,26,27,28,29,30)/t15-/m0/s1. The predicted molar refractivity (Wildman–Crippen MR) is 134 cm³/mol. The molecule has 1 fully saturated rings. The van der Waals surface area contributed by atoms with Gasteiger partial charge in [0.2, 0.25) is 21.9 Å². The first-order valence-corrected chi connectivity index (χ1v) is 13.3. The van der Waals surface area contributed by atoms with E-state index in [9.17, 15) is 17.6 Å². The maximum absolute atomic E-state index is 13.3.